The minimum atomic E-state index is 0.530. The van der Waals surface area contributed by atoms with Gasteiger partial charge < -0.3 is 0 Å². The van der Waals surface area contributed by atoms with Crippen LogP contribution in [0.1, 0.15) is 73.6 Å². The highest BCUT2D eigenvalue weighted by Gasteiger charge is 2.39. The summed E-state index contributed by atoms with van der Waals surface area (Å²) in [5.74, 6) is 9.76. The molecule has 0 heteroatoms. The summed E-state index contributed by atoms with van der Waals surface area (Å²) in [5.41, 5.74) is 0.596. The minimum absolute atomic E-state index is 0.530. The van der Waals surface area contributed by atoms with Gasteiger partial charge in [-0.2, -0.15) is 0 Å². The minimum Gasteiger partial charge on any atom is -0.100 e. The van der Waals surface area contributed by atoms with E-state index in [-0.39, 0.29) is 0 Å². The fourth-order valence-corrected chi connectivity index (χ4v) is 3.26. The van der Waals surface area contributed by atoms with Crippen molar-refractivity contribution in [2.75, 3.05) is 0 Å². The molecule has 1 aliphatic rings. The van der Waals surface area contributed by atoms with Crippen molar-refractivity contribution in [3.05, 3.63) is 0 Å². The zero-order valence-electron chi connectivity index (χ0n) is 13.3. The summed E-state index contributed by atoms with van der Waals surface area (Å²) >= 11 is 0. The molecule has 1 aliphatic carbocycles. The molecule has 1 atom stereocenters. The monoisotopic (exact) mass is 248 g/mol. The van der Waals surface area contributed by atoms with E-state index in [2.05, 4.69) is 53.4 Å². The summed E-state index contributed by atoms with van der Waals surface area (Å²) in [7, 11) is 0. The molecule has 0 saturated heterocycles. The average molecular weight is 248 g/mol. The predicted molar refractivity (Wildman–Crippen MR) is 81.3 cm³/mol. The Labute approximate surface area is 115 Å². The van der Waals surface area contributed by atoms with Crippen LogP contribution in [0.2, 0.25) is 0 Å². The van der Waals surface area contributed by atoms with Gasteiger partial charge in [0.1, 0.15) is 0 Å². The Morgan fingerprint density at radius 2 is 1.78 bits per heavy atom. The molecule has 1 fully saturated rings. The summed E-state index contributed by atoms with van der Waals surface area (Å²) in [6, 6.07) is 0. The molecule has 1 rings (SSSR count). The first kappa shape index (κ1) is 15.6. The lowest BCUT2D eigenvalue weighted by Crippen LogP contribution is -2.34. The molecule has 18 heavy (non-hydrogen) atoms. The van der Waals surface area contributed by atoms with Gasteiger partial charge >= 0.3 is 0 Å². The molecule has 0 aromatic carbocycles. The second-order valence-electron chi connectivity index (χ2n) is 7.31. The molecule has 1 saturated carbocycles. The van der Waals surface area contributed by atoms with Gasteiger partial charge in [0.25, 0.3) is 0 Å². The number of hydrogen-bond acceptors (Lipinski definition) is 0. The number of hydrogen-bond donors (Lipinski definition) is 0. The van der Waals surface area contributed by atoms with Crippen LogP contribution in [0.5, 0.6) is 0 Å². The summed E-state index contributed by atoms with van der Waals surface area (Å²) in [6.07, 6.45) is 6.82. The van der Waals surface area contributed by atoms with Crippen molar-refractivity contribution < 1.29 is 0 Å². The Kier molecular flexibility index (Phi) is 5.77. The van der Waals surface area contributed by atoms with Crippen LogP contribution >= 0.6 is 0 Å². The summed E-state index contributed by atoms with van der Waals surface area (Å²) in [4.78, 5) is 0. The molecule has 0 radical (unpaired) electrons. The normalized spacial score (nSPS) is 28.8. The first-order valence-corrected chi connectivity index (χ1v) is 7.87. The molecule has 0 spiro atoms. The highest BCUT2D eigenvalue weighted by Crippen LogP contribution is 2.49. The fraction of sp³-hybridized carbons (Fsp3) is 0.889. The van der Waals surface area contributed by atoms with Crippen molar-refractivity contribution >= 4 is 0 Å². The quantitative estimate of drug-likeness (QED) is 0.562. The SMILES string of the molecule is CCC(CCC1(C)CC(C#CC(C)C)C1)C(C)C. The molecule has 0 heterocycles. The van der Waals surface area contributed by atoms with Crippen molar-refractivity contribution in [3.8, 4) is 11.8 Å². The first-order valence-electron chi connectivity index (χ1n) is 7.87. The third-order valence-corrected chi connectivity index (χ3v) is 4.64. The maximum atomic E-state index is 3.45. The lowest BCUT2D eigenvalue weighted by molar-refractivity contribution is 0.0865. The van der Waals surface area contributed by atoms with E-state index in [4.69, 9.17) is 0 Å². The van der Waals surface area contributed by atoms with E-state index >= 15 is 0 Å². The van der Waals surface area contributed by atoms with Crippen LogP contribution in [-0.2, 0) is 0 Å². The van der Waals surface area contributed by atoms with Crippen LogP contribution < -0.4 is 0 Å². The molecule has 0 bridgehead atoms. The van der Waals surface area contributed by atoms with Crippen LogP contribution in [0.15, 0.2) is 0 Å². The van der Waals surface area contributed by atoms with E-state index < -0.39 is 0 Å². The zero-order valence-corrected chi connectivity index (χ0v) is 13.3. The summed E-state index contributed by atoms with van der Waals surface area (Å²) in [5, 5.41) is 0. The van der Waals surface area contributed by atoms with Gasteiger partial charge in [-0.05, 0) is 42.9 Å². The van der Waals surface area contributed by atoms with Crippen molar-refractivity contribution in [2.24, 2.45) is 29.1 Å². The Balaban J connectivity index is 2.32. The standard InChI is InChI=1S/C18H32/c1-7-17(15(4)5)10-11-18(6)12-16(13-18)9-8-14(2)3/h14-17H,7,10-13H2,1-6H3. The van der Waals surface area contributed by atoms with Gasteiger partial charge in [-0.3, -0.25) is 0 Å². The molecule has 0 aliphatic heterocycles. The van der Waals surface area contributed by atoms with E-state index in [0.29, 0.717) is 17.3 Å². The second kappa shape index (κ2) is 6.65. The zero-order chi connectivity index (χ0) is 13.8. The molecule has 0 aromatic rings. The fourth-order valence-electron chi connectivity index (χ4n) is 3.26. The second-order valence-corrected chi connectivity index (χ2v) is 7.31. The molecular formula is C18H32. The third kappa shape index (κ3) is 4.68. The van der Waals surface area contributed by atoms with Crippen molar-refractivity contribution in [2.45, 2.75) is 73.6 Å². The van der Waals surface area contributed by atoms with Gasteiger partial charge in [0, 0.05) is 11.8 Å². The third-order valence-electron chi connectivity index (χ3n) is 4.64. The maximum absolute atomic E-state index is 3.45. The summed E-state index contributed by atoms with van der Waals surface area (Å²) in [6.45, 7) is 13.9. The molecule has 0 N–H and O–H groups in total. The predicted octanol–water partition coefficient (Wildman–Crippen LogP) is 5.52. The van der Waals surface area contributed by atoms with E-state index in [1.54, 1.807) is 0 Å². The molecule has 104 valence electrons. The van der Waals surface area contributed by atoms with E-state index in [1.165, 1.54) is 32.1 Å². The molecule has 1 unspecified atom stereocenters. The highest BCUT2D eigenvalue weighted by atomic mass is 14.4. The molecular weight excluding hydrogens is 216 g/mol. The van der Waals surface area contributed by atoms with E-state index in [1.807, 2.05) is 0 Å². The van der Waals surface area contributed by atoms with Crippen molar-refractivity contribution in [3.63, 3.8) is 0 Å². The Morgan fingerprint density at radius 3 is 2.22 bits per heavy atom. The number of rotatable bonds is 5. The van der Waals surface area contributed by atoms with Crippen LogP contribution in [0.3, 0.4) is 0 Å². The highest BCUT2D eigenvalue weighted by molar-refractivity contribution is 5.12. The topological polar surface area (TPSA) is 0 Å². The lowest BCUT2D eigenvalue weighted by atomic mass is 9.60. The van der Waals surface area contributed by atoms with Crippen LogP contribution in [-0.4, -0.2) is 0 Å². The van der Waals surface area contributed by atoms with Crippen molar-refractivity contribution in [1.82, 2.24) is 0 Å². The van der Waals surface area contributed by atoms with Gasteiger partial charge in [0.05, 0.1) is 0 Å². The van der Waals surface area contributed by atoms with Gasteiger partial charge in [-0.15, -0.1) is 5.92 Å². The van der Waals surface area contributed by atoms with E-state index in [0.717, 1.165) is 11.8 Å². The summed E-state index contributed by atoms with van der Waals surface area (Å²) < 4.78 is 0. The molecule has 0 nitrogen and oxygen atoms in total. The maximum Gasteiger partial charge on any atom is 0.0213 e. The lowest BCUT2D eigenvalue weighted by Gasteiger charge is -2.44. The Morgan fingerprint density at radius 1 is 1.17 bits per heavy atom. The Hall–Kier alpha value is -0.440. The Bertz CT molecular complexity index is 294. The van der Waals surface area contributed by atoms with Gasteiger partial charge in [-0.25, -0.2) is 0 Å². The molecule has 0 amide bonds. The van der Waals surface area contributed by atoms with Gasteiger partial charge in [-0.1, -0.05) is 53.9 Å². The van der Waals surface area contributed by atoms with Gasteiger partial charge in [0.2, 0.25) is 0 Å². The van der Waals surface area contributed by atoms with Crippen molar-refractivity contribution in [1.29, 1.82) is 0 Å². The average Bonchev–Trinajstić information content (AvgIpc) is 2.23. The van der Waals surface area contributed by atoms with E-state index in [9.17, 15) is 0 Å². The van der Waals surface area contributed by atoms with Crippen LogP contribution in [0, 0.1) is 40.9 Å². The van der Waals surface area contributed by atoms with Gasteiger partial charge in [0.15, 0.2) is 0 Å². The molecule has 0 aromatic heterocycles. The van der Waals surface area contributed by atoms with Crippen LogP contribution in [0.4, 0.5) is 0 Å². The first-order chi connectivity index (χ1) is 8.36. The van der Waals surface area contributed by atoms with Crippen LogP contribution in [0.25, 0.3) is 0 Å². The smallest absolute Gasteiger partial charge is 0.0213 e. The largest absolute Gasteiger partial charge is 0.100 e.